The zero-order chi connectivity index (χ0) is 14.5. The number of carboxylic acid groups (broad SMARTS) is 1. The summed E-state index contributed by atoms with van der Waals surface area (Å²) in [5.74, 6) is -1.02. The van der Waals surface area contributed by atoms with E-state index in [9.17, 15) is 9.59 Å². The van der Waals surface area contributed by atoms with Crippen LogP contribution in [0.15, 0.2) is 24.4 Å². The predicted molar refractivity (Wildman–Crippen MR) is 70.0 cm³/mol. The number of nitrogens with zero attached hydrogens (tertiary/aromatic N) is 2. The van der Waals surface area contributed by atoms with Gasteiger partial charge < -0.3 is 20.1 Å². The molecule has 20 heavy (non-hydrogen) atoms. The number of nitrogens with one attached hydrogen (secondary N) is 1. The Morgan fingerprint density at radius 3 is 2.95 bits per heavy atom. The monoisotopic (exact) mass is 279 g/mol. The molecule has 0 spiro atoms. The van der Waals surface area contributed by atoms with Gasteiger partial charge in [-0.1, -0.05) is 6.07 Å². The maximum absolute atomic E-state index is 12.1. The van der Waals surface area contributed by atoms with Crippen LogP contribution in [0.3, 0.4) is 0 Å². The van der Waals surface area contributed by atoms with E-state index in [1.54, 1.807) is 18.3 Å². The first-order valence-corrected chi connectivity index (χ1v) is 6.31. The van der Waals surface area contributed by atoms with E-state index in [0.717, 1.165) is 5.69 Å². The highest BCUT2D eigenvalue weighted by molar-refractivity contribution is 5.83. The number of carbonyl (C=O) groups is 2. The van der Waals surface area contributed by atoms with Gasteiger partial charge in [0.05, 0.1) is 18.3 Å². The highest BCUT2D eigenvalue weighted by Gasteiger charge is 2.39. The Kier molecular flexibility index (Phi) is 4.52. The normalized spacial score (nSPS) is 21.8. The molecule has 0 bridgehead atoms. The number of hydrogen-bond donors (Lipinski definition) is 2. The van der Waals surface area contributed by atoms with Crippen LogP contribution >= 0.6 is 0 Å². The first kappa shape index (κ1) is 14.3. The highest BCUT2D eigenvalue weighted by atomic mass is 16.5. The van der Waals surface area contributed by atoms with Gasteiger partial charge in [-0.2, -0.15) is 0 Å². The Morgan fingerprint density at radius 2 is 2.35 bits per heavy atom. The van der Waals surface area contributed by atoms with Crippen LogP contribution in [0, 0.1) is 0 Å². The summed E-state index contributed by atoms with van der Waals surface area (Å²) in [5, 5.41) is 11.8. The summed E-state index contributed by atoms with van der Waals surface area (Å²) < 4.78 is 5.14. The smallest absolute Gasteiger partial charge is 0.326 e. The van der Waals surface area contributed by atoms with E-state index in [0.29, 0.717) is 6.42 Å². The first-order valence-electron chi connectivity index (χ1n) is 6.31. The minimum atomic E-state index is -1.02. The average molecular weight is 279 g/mol. The summed E-state index contributed by atoms with van der Waals surface area (Å²) in [5.41, 5.74) is 0.718. The fourth-order valence-electron chi connectivity index (χ4n) is 2.20. The van der Waals surface area contributed by atoms with Crippen LogP contribution in [-0.2, 0) is 16.1 Å². The fraction of sp³-hybridized carbons (Fsp3) is 0.462. The van der Waals surface area contributed by atoms with Gasteiger partial charge in [0, 0.05) is 26.3 Å². The van der Waals surface area contributed by atoms with Crippen molar-refractivity contribution in [3.63, 3.8) is 0 Å². The van der Waals surface area contributed by atoms with Crippen LogP contribution in [0.1, 0.15) is 12.1 Å². The summed E-state index contributed by atoms with van der Waals surface area (Å²) in [6.07, 6.45) is 1.71. The second kappa shape index (κ2) is 6.33. The number of aromatic nitrogens is 1. The summed E-state index contributed by atoms with van der Waals surface area (Å²) in [4.78, 5) is 28.6. The van der Waals surface area contributed by atoms with E-state index in [4.69, 9.17) is 9.84 Å². The van der Waals surface area contributed by atoms with Gasteiger partial charge in [-0.05, 0) is 12.1 Å². The van der Waals surface area contributed by atoms with Crippen LogP contribution in [0.5, 0.6) is 0 Å². The molecule has 0 saturated carbocycles. The molecular weight excluding hydrogens is 262 g/mol. The van der Waals surface area contributed by atoms with Gasteiger partial charge in [-0.15, -0.1) is 0 Å². The van der Waals surface area contributed by atoms with Crippen LogP contribution in [-0.4, -0.2) is 52.8 Å². The molecular formula is C13H17N3O4. The summed E-state index contributed by atoms with van der Waals surface area (Å²) in [6, 6.07) is 4.14. The number of rotatable bonds is 4. The van der Waals surface area contributed by atoms with Gasteiger partial charge in [0.2, 0.25) is 0 Å². The molecule has 2 amide bonds. The molecule has 2 N–H and O–H groups in total. The molecule has 0 aromatic carbocycles. The number of hydrogen-bond acceptors (Lipinski definition) is 4. The van der Waals surface area contributed by atoms with Crippen molar-refractivity contribution in [1.29, 1.82) is 0 Å². The Balaban J connectivity index is 1.95. The lowest BCUT2D eigenvalue weighted by atomic mass is 10.2. The summed E-state index contributed by atoms with van der Waals surface area (Å²) >= 11 is 0. The number of amides is 2. The van der Waals surface area contributed by atoms with Gasteiger partial charge in [-0.3, -0.25) is 4.98 Å². The molecule has 1 aromatic rings. The number of carbonyl (C=O) groups excluding carboxylic acids is 1. The van der Waals surface area contributed by atoms with Crippen molar-refractivity contribution in [1.82, 2.24) is 15.2 Å². The number of aliphatic carboxylic acids is 1. The van der Waals surface area contributed by atoms with E-state index in [1.165, 1.54) is 12.0 Å². The average Bonchev–Trinajstić information content (AvgIpc) is 2.90. The van der Waals surface area contributed by atoms with E-state index in [2.05, 4.69) is 10.3 Å². The SMILES string of the molecule is COC1CC(C(=O)O)N(C(=O)NCc2ccccn2)C1. The molecule has 1 saturated heterocycles. The number of pyridine rings is 1. The maximum atomic E-state index is 12.1. The Morgan fingerprint density at radius 1 is 1.55 bits per heavy atom. The van der Waals surface area contributed by atoms with Crippen molar-refractivity contribution in [2.24, 2.45) is 0 Å². The molecule has 7 nitrogen and oxygen atoms in total. The van der Waals surface area contributed by atoms with E-state index in [1.807, 2.05) is 6.07 Å². The topological polar surface area (TPSA) is 91.8 Å². The second-order valence-electron chi connectivity index (χ2n) is 4.58. The van der Waals surface area contributed by atoms with Gasteiger partial charge >= 0.3 is 12.0 Å². The molecule has 1 aliphatic heterocycles. The second-order valence-corrected chi connectivity index (χ2v) is 4.58. The largest absolute Gasteiger partial charge is 0.480 e. The number of ether oxygens (including phenoxy) is 1. The molecule has 7 heteroatoms. The molecule has 2 atom stereocenters. The Hall–Kier alpha value is -2.15. The molecule has 2 unspecified atom stereocenters. The Bertz CT molecular complexity index is 480. The predicted octanol–water partition coefficient (Wildman–Crippen LogP) is 0.465. The van der Waals surface area contributed by atoms with E-state index < -0.39 is 18.0 Å². The minimum absolute atomic E-state index is 0.239. The number of urea groups is 1. The minimum Gasteiger partial charge on any atom is -0.480 e. The highest BCUT2D eigenvalue weighted by Crippen LogP contribution is 2.20. The van der Waals surface area contributed by atoms with Crippen LogP contribution < -0.4 is 5.32 Å². The number of likely N-dealkylation sites (tertiary alicyclic amines) is 1. The maximum Gasteiger partial charge on any atom is 0.326 e. The Labute approximate surface area is 116 Å². The number of methoxy groups -OCH3 is 1. The molecule has 108 valence electrons. The summed E-state index contributed by atoms with van der Waals surface area (Å²) in [7, 11) is 1.51. The lowest BCUT2D eigenvalue weighted by Gasteiger charge is -2.21. The quantitative estimate of drug-likeness (QED) is 0.835. The van der Waals surface area contributed by atoms with E-state index in [-0.39, 0.29) is 19.2 Å². The van der Waals surface area contributed by atoms with Crippen molar-refractivity contribution in [3.8, 4) is 0 Å². The zero-order valence-corrected chi connectivity index (χ0v) is 11.2. The number of carboxylic acids is 1. The standard InChI is InChI=1S/C13H17N3O4/c1-20-10-6-11(12(17)18)16(8-10)13(19)15-7-9-4-2-3-5-14-9/h2-5,10-11H,6-8H2,1H3,(H,15,19)(H,17,18). The van der Waals surface area contributed by atoms with Crippen molar-refractivity contribution < 1.29 is 19.4 Å². The van der Waals surface area contributed by atoms with E-state index >= 15 is 0 Å². The molecule has 2 heterocycles. The fourth-order valence-corrected chi connectivity index (χ4v) is 2.20. The van der Waals surface area contributed by atoms with Crippen molar-refractivity contribution in [3.05, 3.63) is 30.1 Å². The molecule has 1 aromatic heterocycles. The van der Waals surface area contributed by atoms with Crippen LogP contribution in [0.4, 0.5) is 4.79 Å². The first-order chi connectivity index (χ1) is 9.61. The van der Waals surface area contributed by atoms with Crippen LogP contribution in [0.25, 0.3) is 0 Å². The van der Waals surface area contributed by atoms with Crippen molar-refractivity contribution in [2.45, 2.75) is 25.1 Å². The lowest BCUT2D eigenvalue weighted by molar-refractivity contribution is -0.141. The molecule has 1 fully saturated rings. The molecule has 0 aliphatic carbocycles. The zero-order valence-electron chi connectivity index (χ0n) is 11.2. The van der Waals surface area contributed by atoms with Gasteiger partial charge in [-0.25, -0.2) is 9.59 Å². The van der Waals surface area contributed by atoms with Crippen LogP contribution in [0.2, 0.25) is 0 Å². The third-order valence-corrected chi connectivity index (χ3v) is 3.29. The van der Waals surface area contributed by atoms with Gasteiger partial charge in [0.25, 0.3) is 0 Å². The third kappa shape index (κ3) is 3.24. The molecule has 1 aliphatic rings. The summed E-state index contributed by atoms with van der Waals surface area (Å²) in [6.45, 7) is 0.543. The molecule has 2 rings (SSSR count). The van der Waals surface area contributed by atoms with Gasteiger partial charge in [0.1, 0.15) is 6.04 Å². The molecule has 0 radical (unpaired) electrons. The van der Waals surface area contributed by atoms with Crippen molar-refractivity contribution >= 4 is 12.0 Å². The lowest BCUT2D eigenvalue weighted by Crippen LogP contribution is -2.46. The third-order valence-electron chi connectivity index (χ3n) is 3.29. The van der Waals surface area contributed by atoms with Gasteiger partial charge in [0.15, 0.2) is 0 Å². The van der Waals surface area contributed by atoms with Crippen molar-refractivity contribution in [2.75, 3.05) is 13.7 Å².